The minimum absolute atomic E-state index is 0.0871. The number of para-hydroxylation sites is 2. The predicted octanol–water partition coefficient (Wildman–Crippen LogP) is 3.89. The van der Waals surface area contributed by atoms with Crippen molar-refractivity contribution >= 4 is 52.4 Å². The highest BCUT2D eigenvalue weighted by atomic mass is 35.5. The third-order valence-electron chi connectivity index (χ3n) is 3.22. The van der Waals surface area contributed by atoms with Crippen LogP contribution in [-0.4, -0.2) is 24.4 Å². The fourth-order valence-electron chi connectivity index (χ4n) is 1.96. The van der Waals surface area contributed by atoms with Gasteiger partial charge in [0.15, 0.2) is 6.61 Å². The Hall–Kier alpha value is -2.57. The monoisotopic (exact) mass is 394 g/mol. The van der Waals surface area contributed by atoms with Crippen LogP contribution in [0.15, 0.2) is 48.5 Å². The average molecular weight is 395 g/mol. The zero-order chi connectivity index (χ0) is 18.9. The number of rotatable bonds is 7. The Morgan fingerprint density at radius 3 is 1.81 bits per heavy atom. The van der Waals surface area contributed by atoms with Gasteiger partial charge in [-0.1, -0.05) is 47.5 Å². The molecule has 0 aliphatic carbocycles. The van der Waals surface area contributed by atoms with E-state index in [1.165, 1.54) is 0 Å². The number of halogens is 2. The highest BCUT2D eigenvalue weighted by molar-refractivity contribution is 6.34. The molecule has 2 rings (SSSR count). The van der Waals surface area contributed by atoms with Gasteiger partial charge in [-0.25, -0.2) is 0 Å². The first-order chi connectivity index (χ1) is 12.5. The fraction of sp³-hybridized carbons (Fsp3) is 0.167. The van der Waals surface area contributed by atoms with E-state index >= 15 is 0 Å². The van der Waals surface area contributed by atoms with Crippen LogP contribution in [-0.2, 0) is 19.1 Å². The van der Waals surface area contributed by atoms with Crippen molar-refractivity contribution in [3.05, 3.63) is 58.6 Å². The van der Waals surface area contributed by atoms with Crippen LogP contribution in [0.3, 0.4) is 0 Å². The number of nitrogens with one attached hydrogen (secondary N) is 2. The molecule has 26 heavy (non-hydrogen) atoms. The minimum Gasteiger partial charge on any atom is -0.456 e. The Labute approximate surface area is 160 Å². The molecule has 0 heterocycles. The summed E-state index contributed by atoms with van der Waals surface area (Å²) in [4.78, 5) is 35.2. The molecule has 0 bridgehead atoms. The Kier molecular flexibility index (Phi) is 7.44. The number of carbonyl (C=O) groups is 3. The molecular weight excluding hydrogens is 379 g/mol. The van der Waals surface area contributed by atoms with E-state index in [4.69, 9.17) is 27.9 Å². The average Bonchev–Trinajstić information content (AvgIpc) is 2.62. The lowest BCUT2D eigenvalue weighted by atomic mass is 10.2. The number of esters is 1. The number of amides is 2. The third kappa shape index (κ3) is 6.38. The molecule has 0 aliphatic heterocycles. The van der Waals surface area contributed by atoms with Crippen LogP contribution in [0.1, 0.15) is 12.8 Å². The molecule has 2 aromatic rings. The predicted molar refractivity (Wildman–Crippen MR) is 100 cm³/mol. The summed E-state index contributed by atoms with van der Waals surface area (Å²) in [6.45, 7) is -0.462. The highest BCUT2D eigenvalue weighted by Gasteiger charge is 2.12. The summed E-state index contributed by atoms with van der Waals surface area (Å²) < 4.78 is 4.84. The molecule has 8 heteroatoms. The molecule has 0 unspecified atom stereocenters. The molecule has 0 aliphatic rings. The first-order valence-corrected chi connectivity index (χ1v) is 8.45. The molecule has 0 fully saturated rings. The molecule has 0 saturated heterocycles. The maximum Gasteiger partial charge on any atom is 0.306 e. The second kappa shape index (κ2) is 9.79. The van der Waals surface area contributed by atoms with E-state index in [-0.39, 0.29) is 18.7 Å². The molecule has 2 amide bonds. The van der Waals surface area contributed by atoms with E-state index in [1.807, 2.05) is 0 Å². The van der Waals surface area contributed by atoms with E-state index in [9.17, 15) is 14.4 Å². The van der Waals surface area contributed by atoms with Crippen molar-refractivity contribution < 1.29 is 19.1 Å². The number of ether oxygens (including phenoxy) is 1. The Balaban J connectivity index is 1.70. The van der Waals surface area contributed by atoms with Crippen molar-refractivity contribution in [3.8, 4) is 0 Å². The summed E-state index contributed by atoms with van der Waals surface area (Å²) in [5.74, 6) is -1.56. The van der Waals surface area contributed by atoms with E-state index in [0.29, 0.717) is 21.4 Å². The first kappa shape index (κ1) is 19.8. The summed E-state index contributed by atoms with van der Waals surface area (Å²) in [6.07, 6.45) is -0.244. The number of carbonyl (C=O) groups excluding carboxylic acids is 3. The van der Waals surface area contributed by atoms with E-state index in [1.54, 1.807) is 48.5 Å². The van der Waals surface area contributed by atoms with Gasteiger partial charge in [0.05, 0.1) is 27.8 Å². The number of hydrogen-bond acceptors (Lipinski definition) is 4. The van der Waals surface area contributed by atoms with Crippen molar-refractivity contribution in [2.24, 2.45) is 0 Å². The largest absolute Gasteiger partial charge is 0.456 e. The molecule has 0 saturated carbocycles. The summed E-state index contributed by atoms with van der Waals surface area (Å²) in [5.41, 5.74) is 0.890. The van der Waals surface area contributed by atoms with Crippen LogP contribution >= 0.6 is 23.2 Å². The summed E-state index contributed by atoms with van der Waals surface area (Å²) in [6, 6.07) is 13.5. The van der Waals surface area contributed by atoms with Gasteiger partial charge in [0, 0.05) is 6.42 Å². The Bertz CT molecular complexity index is 746. The van der Waals surface area contributed by atoms with Crippen LogP contribution in [0.25, 0.3) is 0 Å². The third-order valence-corrected chi connectivity index (χ3v) is 3.88. The quantitative estimate of drug-likeness (QED) is 0.697. The lowest BCUT2D eigenvalue weighted by Gasteiger charge is -2.08. The summed E-state index contributed by atoms with van der Waals surface area (Å²) in [5, 5.41) is 5.90. The van der Waals surface area contributed by atoms with E-state index in [0.717, 1.165) is 0 Å². The molecule has 136 valence electrons. The van der Waals surface area contributed by atoms with Crippen molar-refractivity contribution in [2.45, 2.75) is 12.8 Å². The lowest BCUT2D eigenvalue weighted by molar-refractivity contribution is -0.147. The standard InChI is InChI=1S/C18H16Cl2N2O4/c19-12-5-1-3-7-14(12)21-16(23)9-10-18(25)26-11-17(24)22-15-8-4-2-6-13(15)20/h1-8H,9-11H2,(H,21,23)(H,22,24). The topological polar surface area (TPSA) is 84.5 Å². The molecule has 6 nitrogen and oxygen atoms in total. The van der Waals surface area contributed by atoms with E-state index < -0.39 is 18.5 Å². The number of hydrogen-bond donors (Lipinski definition) is 2. The van der Waals surface area contributed by atoms with Crippen LogP contribution in [0.4, 0.5) is 11.4 Å². The normalized spacial score (nSPS) is 10.1. The molecular formula is C18H16Cl2N2O4. The van der Waals surface area contributed by atoms with Gasteiger partial charge in [-0.15, -0.1) is 0 Å². The van der Waals surface area contributed by atoms with Gasteiger partial charge in [-0.3, -0.25) is 14.4 Å². The van der Waals surface area contributed by atoms with Crippen LogP contribution < -0.4 is 10.6 Å². The van der Waals surface area contributed by atoms with Gasteiger partial charge >= 0.3 is 5.97 Å². The zero-order valence-electron chi connectivity index (χ0n) is 13.6. The van der Waals surface area contributed by atoms with Gasteiger partial charge in [-0.2, -0.15) is 0 Å². The SMILES string of the molecule is O=C(CCC(=O)OCC(=O)Nc1ccccc1Cl)Nc1ccccc1Cl. The molecule has 0 radical (unpaired) electrons. The maximum absolute atomic E-state index is 11.8. The highest BCUT2D eigenvalue weighted by Crippen LogP contribution is 2.21. The number of benzene rings is 2. The fourth-order valence-corrected chi connectivity index (χ4v) is 2.32. The van der Waals surface area contributed by atoms with Crippen molar-refractivity contribution in [1.82, 2.24) is 0 Å². The molecule has 2 N–H and O–H groups in total. The van der Waals surface area contributed by atoms with Gasteiger partial charge in [0.1, 0.15) is 0 Å². The van der Waals surface area contributed by atoms with Gasteiger partial charge < -0.3 is 15.4 Å². The van der Waals surface area contributed by atoms with Crippen molar-refractivity contribution in [3.63, 3.8) is 0 Å². The Morgan fingerprint density at radius 2 is 1.27 bits per heavy atom. The van der Waals surface area contributed by atoms with Crippen LogP contribution in [0.5, 0.6) is 0 Å². The molecule has 0 aromatic heterocycles. The van der Waals surface area contributed by atoms with E-state index in [2.05, 4.69) is 10.6 Å². The molecule has 0 atom stereocenters. The lowest BCUT2D eigenvalue weighted by Crippen LogP contribution is -2.22. The first-order valence-electron chi connectivity index (χ1n) is 7.70. The zero-order valence-corrected chi connectivity index (χ0v) is 15.1. The Morgan fingerprint density at radius 1 is 0.769 bits per heavy atom. The van der Waals surface area contributed by atoms with Crippen LogP contribution in [0.2, 0.25) is 10.0 Å². The second-order valence-electron chi connectivity index (χ2n) is 5.22. The second-order valence-corrected chi connectivity index (χ2v) is 6.03. The summed E-state index contributed by atoms with van der Waals surface area (Å²) in [7, 11) is 0. The minimum atomic E-state index is -0.659. The van der Waals surface area contributed by atoms with Gasteiger partial charge in [-0.05, 0) is 24.3 Å². The smallest absolute Gasteiger partial charge is 0.306 e. The molecule has 0 spiro atoms. The maximum atomic E-state index is 11.8. The van der Waals surface area contributed by atoms with Crippen molar-refractivity contribution in [2.75, 3.05) is 17.2 Å². The number of anilines is 2. The van der Waals surface area contributed by atoms with Crippen molar-refractivity contribution in [1.29, 1.82) is 0 Å². The van der Waals surface area contributed by atoms with Gasteiger partial charge in [0.25, 0.3) is 5.91 Å². The molecule has 2 aromatic carbocycles. The summed E-state index contributed by atoms with van der Waals surface area (Å²) >= 11 is 11.8. The van der Waals surface area contributed by atoms with Gasteiger partial charge in [0.2, 0.25) is 5.91 Å². The van der Waals surface area contributed by atoms with Crippen LogP contribution in [0, 0.1) is 0 Å².